The lowest BCUT2D eigenvalue weighted by Gasteiger charge is -2.25. The Morgan fingerprint density at radius 2 is 2.05 bits per heavy atom. The average Bonchev–Trinajstić information content (AvgIpc) is 2.65. The highest BCUT2D eigenvalue weighted by Gasteiger charge is 2.19. The minimum atomic E-state index is -0.955. The molecule has 1 aliphatic heterocycles. The van der Waals surface area contributed by atoms with Gasteiger partial charge in [-0.15, -0.1) is 0 Å². The molecule has 6 nitrogen and oxygen atoms in total. The highest BCUT2D eigenvalue weighted by atomic mass is 16.4. The van der Waals surface area contributed by atoms with Crippen LogP contribution >= 0.6 is 0 Å². The van der Waals surface area contributed by atoms with Crippen LogP contribution in [-0.4, -0.2) is 60.4 Å². The van der Waals surface area contributed by atoms with Crippen LogP contribution in [-0.2, 0) is 0 Å². The third-order valence-corrected chi connectivity index (χ3v) is 3.60. The van der Waals surface area contributed by atoms with Gasteiger partial charge in [0.1, 0.15) is 0 Å². The van der Waals surface area contributed by atoms with E-state index in [1.54, 1.807) is 12.1 Å². The lowest BCUT2D eigenvalue weighted by atomic mass is 10.1. The summed E-state index contributed by atoms with van der Waals surface area (Å²) in [5.41, 5.74) is 7.10. The zero-order valence-corrected chi connectivity index (χ0v) is 11.5. The van der Waals surface area contributed by atoms with Crippen molar-refractivity contribution in [1.82, 2.24) is 4.90 Å². The summed E-state index contributed by atoms with van der Waals surface area (Å²) in [5, 5.41) is 18.3. The Labute approximate surface area is 118 Å². The van der Waals surface area contributed by atoms with Crippen molar-refractivity contribution in [2.24, 2.45) is 0 Å². The molecule has 0 bridgehead atoms. The van der Waals surface area contributed by atoms with E-state index in [1.807, 2.05) is 0 Å². The molecule has 20 heavy (non-hydrogen) atoms. The van der Waals surface area contributed by atoms with Gasteiger partial charge in [0.15, 0.2) is 0 Å². The summed E-state index contributed by atoms with van der Waals surface area (Å²) in [6.07, 6.45) is 0.948. The predicted molar refractivity (Wildman–Crippen MR) is 78.2 cm³/mol. The van der Waals surface area contributed by atoms with Crippen molar-refractivity contribution in [1.29, 1.82) is 0 Å². The van der Waals surface area contributed by atoms with E-state index >= 15 is 0 Å². The highest BCUT2D eigenvalue weighted by Crippen LogP contribution is 2.24. The van der Waals surface area contributed by atoms with Crippen molar-refractivity contribution in [3.05, 3.63) is 23.8 Å². The van der Waals surface area contributed by atoms with Crippen LogP contribution in [0.25, 0.3) is 0 Å². The molecule has 6 heteroatoms. The molecule has 110 valence electrons. The Hall–Kier alpha value is -1.79. The largest absolute Gasteiger partial charge is 0.478 e. The molecular weight excluding hydrogens is 258 g/mol. The lowest BCUT2D eigenvalue weighted by Crippen LogP contribution is -2.33. The third-order valence-electron chi connectivity index (χ3n) is 3.60. The molecule has 1 aliphatic rings. The normalized spacial score (nSPS) is 16.9. The van der Waals surface area contributed by atoms with Gasteiger partial charge in [0.05, 0.1) is 17.9 Å². The lowest BCUT2D eigenvalue weighted by molar-refractivity contribution is 0.0697. The zero-order chi connectivity index (χ0) is 14.5. The Morgan fingerprint density at radius 1 is 1.25 bits per heavy atom. The number of carbonyl (C=O) groups is 1. The zero-order valence-electron chi connectivity index (χ0n) is 11.5. The maximum Gasteiger partial charge on any atom is 0.337 e. The van der Waals surface area contributed by atoms with E-state index in [0.29, 0.717) is 12.2 Å². The van der Waals surface area contributed by atoms with E-state index < -0.39 is 5.97 Å². The molecular formula is C14H21N3O3. The maximum atomic E-state index is 11.3. The molecule has 0 saturated carbocycles. The van der Waals surface area contributed by atoms with E-state index in [2.05, 4.69) is 9.80 Å². The third kappa shape index (κ3) is 3.40. The number of nitrogen functional groups attached to an aromatic ring is 1. The van der Waals surface area contributed by atoms with Gasteiger partial charge in [0.25, 0.3) is 0 Å². The summed E-state index contributed by atoms with van der Waals surface area (Å²) in [6.45, 7) is 4.14. The molecule has 1 aromatic rings. The van der Waals surface area contributed by atoms with Crippen molar-refractivity contribution >= 4 is 17.3 Å². The summed E-state index contributed by atoms with van der Waals surface area (Å²) >= 11 is 0. The summed E-state index contributed by atoms with van der Waals surface area (Å²) < 4.78 is 0. The summed E-state index contributed by atoms with van der Waals surface area (Å²) in [7, 11) is 0. The SMILES string of the molecule is Nc1ccc(N2CCCN(CCO)CC2)c(C(=O)O)c1. The number of anilines is 2. The first-order valence-corrected chi connectivity index (χ1v) is 6.83. The Kier molecular flexibility index (Phi) is 4.81. The number of nitrogens with two attached hydrogens (primary N) is 1. The van der Waals surface area contributed by atoms with E-state index in [0.717, 1.165) is 38.3 Å². The average molecular weight is 279 g/mol. The van der Waals surface area contributed by atoms with Gasteiger partial charge in [0, 0.05) is 31.9 Å². The van der Waals surface area contributed by atoms with Crippen LogP contribution < -0.4 is 10.6 Å². The van der Waals surface area contributed by atoms with Crippen LogP contribution in [0.15, 0.2) is 18.2 Å². The van der Waals surface area contributed by atoms with Gasteiger partial charge in [-0.3, -0.25) is 4.90 Å². The number of carboxylic acid groups (broad SMARTS) is 1. The minimum absolute atomic E-state index is 0.155. The summed E-state index contributed by atoms with van der Waals surface area (Å²) in [5.74, 6) is -0.955. The second kappa shape index (κ2) is 6.58. The van der Waals surface area contributed by atoms with Gasteiger partial charge in [-0.2, -0.15) is 0 Å². The number of carboxylic acids is 1. The predicted octanol–water partition coefficient (Wildman–Crippen LogP) is 0.471. The number of aliphatic hydroxyl groups excluding tert-OH is 1. The molecule has 1 saturated heterocycles. The molecule has 0 spiro atoms. The number of benzene rings is 1. The fraction of sp³-hybridized carbons (Fsp3) is 0.500. The van der Waals surface area contributed by atoms with Crippen LogP contribution in [0.4, 0.5) is 11.4 Å². The second-order valence-corrected chi connectivity index (χ2v) is 4.99. The molecule has 4 N–H and O–H groups in total. The van der Waals surface area contributed by atoms with Gasteiger partial charge < -0.3 is 20.8 Å². The van der Waals surface area contributed by atoms with Crippen molar-refractivity contribution in [3.8, 4) is 0 Å². The molecule has 0 radical (unpaired) electrons. The highest BCUT2D eigenvalue weighted by molar-refractivity contribution is 5.95. The van der Waals surface area contributed by atoms with Gasteiger partial charge in [-0.05, 0) is 31.2 Å². The standard InChI is InChI=1S/C14H21N3O3/c15-11-2-3-13(12(10-11)14(19)20)17-5-1-4-16(6-7-17)8-9-18/h2-3,10,18H,1,4-9,15H2,(H,19,20). The first-order valence-electron chi connectivity index (χ1n) is 6.83. The van der Waals surface area contributed by atoms with Crippen molar-refractivity contribution in [2.75, 3.05) is 50.0 Å². The van der Waals surface area contributed by atoms with Gasteiger partial charge in [0.2, 0.25) is 0 Å². The molecule has 1 fully saturated rings. The Morgan fingerprint density at radius 3 is 2.75 bits per heavy atom. The number of β-amino-alcohol motifs (C(OH)–C–C–N with tert-alkyl or cyclic N) is 1. The molecule has 2 rings (SSSR count). The van der Waals surface area contributed by atoms with Gasteiger partial charge >= 0.3 is 5.97 Å². The fourth-order valence-electron chi connectivity index (χ4n) is 2.58. The van der Waals surface area contributed by atoms with Crippen LogP contribution in [0.1, 0.15) is 16.8 Å². The number of rotatable bonds is 4. The smallest absolute Gasteiger partial charge is 0.337 e. The van der Waals surface area contributed by atoms with E-state index in [4.69, 9.17) is 10.8 Å². The van der Waals surface area contributed by atoms with Crippen LogP contribution in [0.5, 0.6) is 0 Å². The Bertz CT molecular complexity index is 479. The fourth-order valence-corrected chi connectivity index (χ4v) is 2.58. The molecule has 0 aliphatic carbocycles. The molecule has 0 amide bonds. The first-order chi connectivity index (χ1) is 9.61. The summed E-state index contributed by atoms with van der Waals surface area (Å²) in [6, 6.07) is 5.02. The van der Waals surface area contributed by atoms with Crippen LogP contribution in [0.2, 0.25) is 0 Å². The molecule has 0 aromatic heterocycles. The van der Waals surface area contributed by atoms with Crippen molar-refractivity contribution in [3.63, 3.8) is 0 Å². The molecule has 1 heterocycles. The molecule has 1 aromatic carbocycles. The van der Waals surface area contributed by atoms with E-state index in [1.165, 1.54) is 6.07 Å². The van der Waals surface area contributed by atoms with Crippen LogP contribution in [0.3, 0.4) is 0 Å². The number of nitrogens with zero attached hydrogens (tertiary/aromatic N) is 2. The van der Waals surface area contributed by atoms with Gasteiger partial charge in [-0.1, -0.05) is 0 Å². The number of hydrogen-bond acceptors (Lipinski definition) is 5. The second-order valence-electron chi connectivity index (χ2n) is 4.99. The summed E-state index contributed by atoms with van der Waals surface area (Å²) in [4.78, 5) is 15.6. The maximum absolute atomic E-state index is 11.3. The van der Waals surface area contributed by atoms with E-state index in [9.17, 15) is 9.90 Å². The molecule has 0 atom stereocenters. The number of aromatic carboxylic acids is 1. The van der Waals surface area contributed by atoms with Gasteiger partial charge in [-0.25, -0.2) is 4.79 Å². The first kappa shape index (κ1) is 14.6. The topological polar surface area (TPSA) is 90.0 Å². The molecule has 0 unspecified atom stereocenters. The van der Waals surface area contributed by atoms with E-state index in [-0.39, 0.29) is 12.2 Å². The minimum Gasteiger partial charge on any atom is -0.478 e. The monoisotopic (exact) mass is 279 g/mol. The Balaban J connectivity index is 2.17. The number of aliphatic hydroxyl groups is 1. The quantitative estimate of drug-likeness (QED) is 0.694. The number of hydrogen-bond donors (Lipinski definition) is 3. The van der Waals surface area contributed by atoms with Crippen molar-refractivity contribution in [2.45, 2.75) is 6.42 Å². The van der Waals surface area contributed by atoms with Crippen molar-refractivity contribution < 1.29 is 15.0 Å². The van der Waals surface area contributed by atoms with Crippen LogP contribution in [0, 0.1) is 0 Å².